The van der Waals surface area contributed by atoms with Crippen molar-refractivity contribution >= 4 is 17.4 Å². The van der Waals surface area contributed by atoms with Crippen molar-refractivity contribution in [2.75, 3.05) is 13.8 Å². The van der Waals surface area contributed by atoms with Gasteiger partial charge in [-0.05, 0) is 30.3 Å². The molecule has 0 radical (unpaired) electrons. The summed E-state index contributed by atoms with van der Waals surface area (Å²) < 4.78 is 10.6. The van der Waals surface area contributed by atoms with Crippen LogP contribution in [0.25, 0.3) is 0 Å². The molecule has 2 aliphatic rings. The summed E-state index contributed by atoms with van der Waals surface area (Å²) in [6.07, 6.45) is 3.20. The number of amides is 1. The minimum atomic E-state index is -0.974. The Balaban J connectivity index is 1.72. The van der Waals surface area contributed by atoms with Gasteiger partial charge in [0.05, 0.1) is 5.71 Å². The van der Waals surface area contributed by atoms with E-state index in [1.54, 1.807) is 42.7 Å². The van der Waals surface area contributed by atoms with E-state index in [9.17, 15) is 9.59 Å². The molecule has 0 aliphatic carbocycles. The molecule has 2 aliphatic heterocycles. The molecule has 1 amide bonds. The molecule has 1 aromatic carbocycles. The Bertz CT molecular complexity index is 863. The first-order valence-electron chi connectivity index (χ1n) is 7.35. The van der Waals surface area contributed by atoms with Crippen LogP contribution in [0.4, 0.5) is 0 Å². The fraction of sp³-hybridized carbons (Fsp3) is 0.176. The SMILES string of the molecule is CN1N=C(c2ccncc2)C(C(=O)c2ccc3c(c2)OCO3)C1=O. The lowest BCUT2D eigenvalue weighted by Gasteiger charge is -2.11. The van der Waals surface area contributed by atoms with Crippen molar-refractivity contribution in [2.45, 2.75) is 0 Å². The maximum Gasteiger partial charge on any atom is 0.259 e. The number of hydrogen-bond donors (Lipinski definition) is 0. The number of benzene rings is 1. The fourth-order valence-electron chi connectivity index (χ4n) is 2.77. The molecule has 0 saturated carbocycles. The average Bonchev–Trinajstić information content (AvgIpc) is 3.19. The van der Waals surface area contributed by atoms with Gasteiger partial charge in [0.25, 0.3) is 5.91 Å². The molecule has 1 unspecified atom stereocenters. The summed E-state index contributed by atoms with van der Waals surface area (Å²) in [6, 6.07) is 8.35. The van der Waals surface area contributed by atoms with Crippen LogP contribution in [-0.2, 0) is 4.79 Å². The maximum absolute atomic E-state index is 12.9. The highest BCUT2D eigenvalue weighted by Crippen LogP contribution is 2.34. The zero-order valence-electron chi connectivity index (χ0n) is 12.8. The van der Waals surface area contributed by atoms with Crippen molar-refractivity contribution in [1.29, 1.82) is 0 Å². The number of nitrogens with zero attached hydrogens (tertiary/aromatic N) is 3. The van der Waals surface area contributed by atoms with Gasteiger partial charge in [-0.2, -0.15) is 5.10 Å². The van der Waals surface area contributed by atoms with Crippen LogP contribution < -0.4 is 9.47 Å². The second kappa shape index (κ2) is 5.45. The number of Topliss-reactive ketones (excluding diaryl/α,β-unsaturated/α-hetero) is 1. The molecule has 24 heavy (non-hydrogen) atoms. The van der Waals surface area contributed by atoms with Gasteiger partial charge in [0.2, 0.25) is 6.79 Å². The molecule has 1 atom stereocenters. The molecule has 0 N–H and O–H groups in total. The van der Waals surface area contributed by atoms with Crippen LogP contribution in [0, 0.1) is 5.92 Å². The third-order valence-electron chi connectivity index (χ3n) is 3.99. The minimum absolute atomic E-state index is 0.127. The summed E-state index contributed by atoms with van der Waals surface area (Å²) in [5.41, 5.74) is 1.50. The lowest BCUT2D eigenvalue weighted by molar-refractivity contribution is -0.129. The minimum Gasteiger partial charge on any atom is -0.454 e. The first-order chi connectivity index (χ1) is 11.6. The summed E-state index contributed by atoms with van der Waals surface area (Å²) in [4.78, 5) is 29.4. The second-order valence-corrected chi connectivity index (χ2v) is 5.45. The van der Waals surface area contributed by atoms with Crippen molar-refractivity contribution in [1.82, 2.24) is 9.99 Å². The summed E-state index contributed by atoms with van der Waals surface area (Å²) >= 11 is 0. The van der Waals surface area contributed by atoms with Crippen molar-refractivity contribution in [3.8, 4) is 11.5 Å². The second-order valence-electron chi connectivity index (χ2n) is 5.45. The van der Waals surface area contributed by atoms with Crippen molar-refractivity contribution in [2.24, 2.45) is 11.0 Å². The fourth-order valence-corrected chi connectivity index (χ4v) is 2.77. The van der Waals surface area contributed by atoms with Gasteiger partial charge in [0.15, 0.2) is 17.3 Å². The van der Waals surface area contributed by atoms with Crippen molar-refractivity contribution in [3.63, 3.8) is 0 Å². The molecule has 0 spiro atoms. The van der Waals surface area contributed by atoms with Crippen molar-refractivity contribution < 1.29 is 19.1 Å². The molecule has 0 bridgehead atoms. The largest absolute Gasteiger partial charge is 0.454 e. The molecular formula is C17H13N3O4. The number of ketones is 1. The number of fused-ring (bicyclic) bond motifs is 1. The van der Waals surface area contributed by atoms with E-state index in [4.69, 9.17) is 9.47 Å². The van der Waals surface area contributed by atoms with Crippen LogP contribution in [-0.4, -0.2) is 41.2 Å². The van der Waals surface area contributed by atoms with Gasteiger partial charge in [-0.15, -0.1) is 0 Å². The van der Waals surface area contributed by atoms with Crippen LogP contribution in [0.15, 0.2) is 47.8 Å². The van der Waals surface area contributed by atoms with Crippen LogP contribution in [0.3, 0.4) is 0 Å². The molecule has 7 nitrogen and oxygen atoms in total. The first kappa shape index (κ1) is 14.4. The van der Waals surface area contributed by atoms with Gasteiger partial charge >= 0.3 is 0 Å². The van der Waals surface area contributed by atoms with Crippen LogP contribution in [0.1, 0.15) is 15.9 Å². The van der Waals surface area contributed by atoms with Gasteiger partial charge in [-0.3, -0.25) is 14.6 Å². The monoisotopic (exact) mass is 323 g/mol. The quantitative estimate of drug-likeness (QED) is 0.631. The zero-order valence-corrected chi connectivity index (χ0v) is 12.8. The summed E-state index contributed by atoms with van der Waals surface area (Å²) in [5.74, 6) is -0.563. The van der Waals surface area contributed by atoms with Gasteiger partial charge in [0.1, 0.15) is 5.92 Å². The molecule has 2 aromatic rings. The highest BCUT2D eigenvalue weighted by molar-refractivity contribution is 6.31. The molecule has 1 aromatic heterocycles. The number of ether oxygens (including phenoxy) is 2. The Labute approximate surface area is 137 Å². The first-order valence-corrected chi connectivity index (χ1v) is 7.35. The topological polar surface area (TPSA) is 81.1 Å². The van der Waals surface area contributed by atoms with E-state index in [0.29, 0.717) is 28.3 Å². The Morgan fingerprint density at radius 2 is 1.92 bits per heavy atom. The third-order valence-corrected chi connectivity index (χ3v) is 3.99. The third kappa shape index (κ3) is 2.21. The maximum atomic E-state index is 12.9. The molecule has 0 saturated heterocycles. The number of aromatic nitrogens is 1. The van der Waals surface area contributed by atoms with E-state index in [1.807, 2.05) is 0 Å². The highest BCUT2D eigenvalue weighted by Gasteiger charge is 2.40. The van der Waals surface area contributed by atoms with Gasteiger partial charge in [-0.25, -0.2) is 5.01 Å². The summed E-state index contributed by atoms with van der Waals surface area (Å²) in [7, 11) is 1.54. The van der Waals surface area contributed by atoms with Crippen LogP contribution >= 0.6 is 0 Å². The highest BCUT2D eigenvalue weighted by atomic mass is 16.7. The molecular weight excluding hydrogens is 310 g/mol. The van der Waals surface area contributed by atoms with E-state index >= 15 is 0 Å². The number of rotatable bonds is 3. The Morgan fingerprint density at radius 3 is 2.71 bits per heavy atom. The summed E-state index contributed by atoms with van der Waals surface area (Å²) in [5, 5.41) is 5.44. The van der Waals surface area contributed by atoms with E-state index in [2.05, 4.69) is 10.1 Å². The lowest BCUT2D eigenvalue weighted by Crippen LogP contribution is -2.32. The van der Waals surface area contributed by atoms with E-state index in [-0.39, 0.29) is 18.5 Å². The smallest absolute Gasteiger partial charge is 0.259 e. The number of hydrogen-bond acceptors (Lipinski definition) is 6. The molecule has 4 rings (SSSR count). The van der Waals surface area contributed by atoms with Crippen LogP contribution in [0.2, 0.25) is 0 Å². The number of carbonyl (C=O) groups is 2. The number of hydrazone groups is 1. The Hall–Kier alpha value is -3.22. The lowest BCUT2D eigenvalue weighted by atomic mass is 9.89. The molecule has 3 heterocycles. The van der Waals surface area contributed by atoms with E-state index in [0.717, 1.165) is 0 Å². The van der Waals surface area contributed by atoms with Crippen LogP contribution in [0.5, 0.6) is 11.5 Å². The molecule has 120 valence electrons. The normalized spacial score (nSPS) is 18.7. The number of carbonyl (C=O) groups excluding carboxylic acids is 2. The predicted octanol–water partition coefficient (Wildman–Crippen LogP) is 1.49. The average molecular weight is 323 g/mol. The summed E-state index contributed by atoms with van der Waals surface area (Å²) in [6.45, 7) is 0.127. The predicted molar refractivity (Wildman–Crippen MR) is 83.9 cm³/mol. The molecule has 7 heteroatoms. The molecule has 0 fully saturated rings. The van der Waals surface area contributed by atoms with Gasteiger partial charge in [-0.1, -0.05) is 0 Å². The van der Waals surface area contributed by atoms with Gasteiger partial charge in [0, 0.05) is 30.6 Å². The zero-order chi connectivity index (χ0) is 16.7. The Kier molecular flexibility index (Phi) is 3.26. The van der Waals surface area contributed by atoms with Crippen molar-refractivity contribution in [3.05, 3.63) is 53.9 Å². The standard InChI is InChI=1S/C17H13N3O4/c1-20-17(22)14(15(19-20)10-4-6-18-7-5-10)16(21)11-2-3-12-13(8-11)24-9-23-12/h2-8,14H,9H2,1H3. The van der Waals surface area contributed by atoms with E-state index in [1.165, 1.54) is 12.1 Å². The van der Waals surface area contributed by atoms with Gasteiger partial charge < -0.3 is 9.47 Å². The van der Waals surface area contributed by atoms with E-state index < -0.39 is 5.92 Å². The number of pyridine rings is 1. The Morgan fingerprint density at radius 1 is 1.17 bits per heavy atom.